The molecule has 1 aliphatic heterocycles. The zero-order valence-corrected chi connectivity index (χ0v) is 18.7. The first-order valence-electron chi connectivity index (χ1n) is 11.3. The van der Waals surface area contributed by atoms with Crippen LogP contribution in [0.5, 0.6) is 11.5 Å². The number of hydrogen-bond acceptors (Lipinski definition) is 7. The summed E-state index contributed by atoms with van der Waals surface area (Å²) in [5.41, 5.74) is 4.34. The van der Waals surface area contributed by atoms with E-state index in [4.69, 9.17) is 19.4 Å². The standard InChI is InChI=1S/C25H29N5O2/c1-31-19-13-18(14-20(15-19)32-2)27-17-7-6-12-30(16-17)25-21-8-5-10-22(21)28-24(29-25)23-9-3-4-11-26-23/h3-4,9,11,13-15,17,27H,5-8,10,12,16H2,1-2H3. The second-order valence-electron chi connectivity index (χ2n) is 8.40. The summed E-state index contributed by atoms with van der Waals surface area (Å²) in [4.78, 5) is 16.8. The second-order valence-corrected chi connectivity index (χ2v) is 8.40. The number of benzene rings is 1. The van der Waals surface area contributed by atoms with Crippen LogP contribution < -0.4 is 19.7 Å². The maximum absolute atomic E-state index is 5.43. The van der Waals surface area contributed by atoms with Crippen molar-refractivity contribution in [2.75, 3.05) is 37.5 Å². The van der Waals surface area contributed by atoms with Crippen molar-refractivity contribution in [3.05, 3.63) is 53.9 Å². The van der Waals surface area contributed by atoms with E-state index >= 15 is 0 Å². The van der Waals surface area contributed by atoms with E-state index < -0.39 is 0 Å². The van der Waals surface area contributed by atoms with E-state index in [9.17, 15) is 0 Å². The predicted molar refractivity (Wildman–Crippen MR) is 126 cm³/mol. The van der Waals surface area contributed by atoms with Gasteiger partial charge in [-0.05, 0) is 44.2 Å². The molecule has 3 heterocycles. The van der Waals surface area contributed by atoms with Crippen molar-refractivity contribution in [2.45, 2.75) is 38.1 Å². The SMILES string of the molecule is COc1cc(NC2CCCN(c3nc(-c4ccccn4)nc4c3CCC4)C2)cc(OC)c1. The van der Waals surface area contributed by atoms with E-state index in [0.29, 0.717) is 6.04 Å². The van der Waals surface area contributed by atoms with Crippen LogP contribution in [0.15, 0.2) is 42.6 Å². The van der Waals surface area contributed by atoms with Gasteiger partial charge in [-0.15, -0.1) is 0 Å². The van der Waals surface area contributed by atoms with E-state index in [-0.39, 0.29) is 0 Å². The summed E-state index contributed by atoms with van der Waals surface area (Å²) in [6.07, 6.45) is 7.22. The maximum atomic E-state index is 5.43. The Hall–Kier alpha value is -3.35. The van der Waals surface area contributed by atoms with Gasteiger partial charge in [-0.1, -0.05) is 6.07 Å². The van der Waals surface area contributed by atoms with Gasteiger partial charge in [-0.2, -0.15) is 0 Å². The Kier molecular flexibility index (Phi) is 5.79. The van der Waals surface area contributed by atoms with Gasteiger partial charge < -0.3 is 19.7 Å². The van der Waals surface area contributed by atoms with Gasteiger partial charge in [0.1, 0.15) is 23.0 Å². The summed E-state index contributed by atoms with van der Waals surface area (Å²) >= 11 is 0. The first-order chi connectivity index (χ1) is 15.7. The number of anilines is 2. The Labute approximate surface area is 188 Å². The fraction of sp³-hybridized carbons (Fsp3) is 0.400. The Morgan fingerprint density at radius 2 is 1.84 bits per heavy atom. The average Bonchev–Trinajstić information content (AvgIpc) is 3.32. The molecule has 166 valence electrons. The highest BCUT2D eigenvalue weighted by Crippen LogP contribution is 2.33. The van der Waals surface area contributed by atoms with Crippen LogP contribution in [-0.4, -0.2) is 48.3 Å². The number of aromatic nitrogens is 3. The van der Waals surface area contributed by atoms with Crippen molar-refractivity contribution in [1.29, 1.82) is 0 Å². The molecule has 5 rings (SSSR count). The molecule has 1 fully saturated rings. The highest BCUT2D eigenvalue weighted by Gasteiger charge is 2.27. The molecule has 32 heavy (non-hydrogen) atoms. The van der Waals surface area contributed by atoms with Crippen LogP contribution in [0.4, 0.5) is 11.5 Å². The number of methoxy groups -OCH3 is 2. The van der Waals surface area contributed by atoms with E-state index in [1.54, 1.807) is 20.4 Å². The zero-order chi connectivity index (χ0) is 21.9. The van der Waals surface area contributed by atoms with Crippen LogP contribution in [0.1, 0.15) is 30.5 Å². The molecule has 1 N–H and O–H groups in total. The van der Waals surface area contributed by atoms with Gasteiger partial charge in [-0.25, -0.2) is 9.97 Å². The minimum Gasteiger partial charge on any atom is -0.497 e. The van der Waals surface area contributed by atoms with Gasteiger partial charge in [0.05, 0.1) is 14.2 Å². The second kappa shape index (κ2) is 9.02. The van der Waals surface area contributed by atoms with Crippen LogP contribution in [0, 0.1) is 0 Å². The van der Waals surface area contributed by atoms with Crippen molar-refractivity contribution in [1.82, 2.24) is 15.0 Å². The van der Waals surface area contributed by atoms with E-state index in [2.05, 4.69) is 15.2 Å². The van der Waals surface area contributed by atoms with Crippen LogP contribution in [0.25, 0.3) is 11.5 Å². The van der Waals surface area contributed by atoms with Crippen molar-refractivity contribution in [3.8, 4) is 23.0 Å². The molecular formula is C25H29N5O2. The summed E-state index contributed by atoms with van der Waals surface area (Å²) in [6, 6.07) is 12.1. The quantitative estimate of drug-likeness (QED) is 0.629. The number of ether oxygens (including phenoxy) is 2. The lowest BCUT2D eigenvalue weighted by Gasteiger charge is -2.35. The van der Waals surface area contributed by atoms with Crippen molar-refractivity contribution >= 4 is 11.5 Å². The third kappa shape index (κ3) is 4.20. The predicted octanol–water partition coefficient (Wildman–Crippen LogP) is 4.13. The molecular weight excluding hydrogens is 402 g/mol. The lowest BCUT2D eigenvalue weighted by molar-refractivity contribution is 0.394. The molecule has 1 saturated heterocycles. The van der Waals surface area contributed by atoms with Gasteiger partial charge >= 0.3 is 0 Å². The Bertz CT molecular complexity index is 1070. The number of pyridine rings is 1. The first kappa shape index (κ1) is 20.5. The van der Waals surface area contributed by atoms with Crippen LogP contribution in [0.3, 0.4) is 0 Å². The molecule has 2 aromatic heterocycles. The Balaban J connectivity index is 1.41. The summed E-state index contributed by atoms with van der Waals surface area (Å²) in [5, 5.41) is 3.69. The average molecular weight is 432 g/mol. The molecule has 3 aromatic rings. The minimum atomic E-state index is 0.311. The smallest absolute Gasteiger partial charge is 0.180 e. The minimum absolute atomic E-state index is 0.311. The molecule has 0 amide bonds. The van der Waals surface area contributed by atoms with E-state index in [1.165, 1.54) is 11.3 Å². The highest BCUT2D eigenvalue weighted by atomic mass is 16.5. The molecule has 2 aliphatic rings. The number of piperidine rings is 1. The van der Waals surface area contributed by atoms with Crippen molar-refractivity contribution in [3.63, 3.8) is 0 Å². The lowest BCUT2D eigenvalue weighted by Crippen LogP contribution is -2.43. The summed E-state index contributed by atoms with van der Waals surface area (Å²) < 4.78 is 10.9. The number of aryl methyl sites for hydroxylation is 1. The van der Waals surface area contributed by atoms with E-state index in [0.717, 1.165) is 79.7 Å². The first-order valence-corrected chi connectivity index (χ1v) is 11.3. The molecule has 1 aromatic carbocycles. The van der Waals surface area contributed by atoms with Crippen LogP contribution in [0.2, 0.25) is 0 Å². The topological polar surface area (TPSA) is 72.4 Å². The molecule has 7 heteroatoms. The normalized spacial score (nSPS) is 17.7. The third-order valence-corrected chi connectivity index (χ3v) is 6.25. The largest absolute Gasteiger partial charge is 0.497 e. The van der Waals surface area contributed by atoms with Gasteiger partial charge in [0.25, 0.3) is 0 Å². The fourth-order valence-corrected chi connectivity index (χ4v) is 4.70. The Morgan fingerprint density at radius 3 is 2.59 bits per heavy atom. The van der Waals surface area contributed by atoms with E-state index in [1.807, 2.05) is 36.4 Å². The number of nitrogens with one attached hydrogen (secondary N) is 1. The zero-order valence-electron chi connectivity index (χ0n) is 18.7. The van der Waals surface area contributed by atoms with Crippen LogP contribution in [-0.2, 0) is 12.8 Å². The van der Waals surface area contributed by atoms with Gasteiger partial charge in [0, 0.05) is 60.5 Å². The number of nitrogens with zero attached hydrogens (tertiary/aromatic N) is 4. The fourth-order valence-electron chi connectivity index (χ4n) is 4.70. The lowest BCUT2D eigenvalue weighted by atomic mass is 10.0. The summed E-state index contributed by atoms with van der Waals surface area (Å²) in [7, 11) is 3.35. The number of fused-ring (bicyclic) bond motifs is 1. The number of hydrogen-bond donors (Lipinski definition) is 1. The van der Waals surface area contributed by atoms with Gasteiger partial charge in [0.2, 0.25) is 0 Å². The molecule has 0 radical (unpaired) electrons. The number of rotatable bonds is 6. The van der Waals surface area contributed by atoms with Crippen LogP contribution >= 0.6 is 0 Å². The highest BCUT2D eigenvalue weighted by molar-refractivity contribution is 5.60. The van der Waals surface area contributed by atoms with Gasteiger partial charge in [-0.3, -0.25) is 4.98 Å². The molecule has 0 bridgehead atoms. The molecule has 0 spiro atoms. The third-order valence-electron chi connectivity index (χ3n) is 6.25. The molecule has 1 atom stereocenters. The Morgan fingerprint density at radius 1 is 1.00 bits per heavy atom. The molecule has 0 saturated carbocycles. The van der Waals surface area contributed by atoms with Crippen molar-refractivity contribution in [2.24, 2.45) is 0 Å². The maximum Gasteiger partial charge on any atom is 0.180 e. The summed E-state index contributed by atoms with van der Waals surface area (Å²) in [6.45, 7) is 1.90. The molecule has 7 nitrogen and oxygen atoms in total. The monoisotopic (exact) mass is 431 g/mol. The van der Waals surface area contributed by atoms with Gasteiger partial charge in [0.15, 0.2) is 5.82 Å². The summed E-state index contributed by atoms with van der Waals surface area (Å²) in [5.74, 6) is 3.39. The molecule has 1 unspecified atom stereocenters. The van der Waals surface area contributed by atoms with Crippen molar-refractivity contribution < 1.29 is 9.47 Å². The molecule has 1 aliphatic carbocycles.